The minimum absolute atomic E-state index is 0.0388. The highest BCUT2D eigenvalue weighted by molar-refractivity contribution is 5.80. The average molecular weight is 418 g/mol. The number of hydrogen-bond acceptors (Lipinski definition) is 4. The van der Waals surface area contributed by atoms with E-state index in [9.17, 15) is 18.0 Å². The average Bonchev–Trinajstić information content (AvgIpc) is 2.79. The van der Waals surface area contributed by atoms with Gasteiger partial charge in [-0.3, -0.25) is 4.79 Å². The van der Waals surface area contributed by atoms with Crippen LogP contribution in [0.4, 0.5) is 24.7 Å². The molecule has 0 radical (unpaired) electrons. The van der Waals surface area contributed by atoms with Gasteiger partial charge in [-0.25, -0.2) is 4.98 Å². The van der Waals surface area contributed by atoms with Crippen molar-refractivity contribution in [2.75, 3.05) is 49.1 Å². The molecule has 30 heavy (non-hydrogen) atoms. The number of piperidine rings is 1. The number of para-hydroxylation sites is 1. The third-order valence-electron chi connectivity index (χ3n) is 5.87. The van der Waals surface area contributed by atoms with Crippen LogP contribution in [0.2, 0.25) is 0 Å². The first kappa shape index (κ1) is 20.5. The molecule has 2 fully saturated rings. The van der Waals surface area contributed by atoms with Gasteiger partial charge in [-0.05, 0) is 37.1 Å². The minimum atomic E-state index is -4.46. The summed E-state index contributed by atoms with van der Waals surface area (Å²) in [4.78, 5) is 22.8. The number of benzene rings is 1. The van der Waals surface area contributed by atoms with Gasteiger partial charge in [0.05, 0.1) is 11.5 Å². The minimum Gasteiger partial charge on any atom is -0.368 e. The molecule has 1 atom stereocenters. The Hall–Kier alpha value is -2.77. The Morgan fingerprint density at radius 3 is 2.37 bits per heavy atom. The summed E-state index contributed by atoms with van der Waals surface area (Å²) in [7, 11) is 0. The van der Waals surface area contributed by atoms with Crippen molar-refractivity contribution in [2.45, 2.75) is 19.0 Å². The third kappa shape index (κ3) is 4.37. The van der Waals surface area contributed by atoms with Crippen LogP contribution in [0.1, 0.15) is 18.4 Å². The van der Waals surface area contributed by atoms with E-state index in [0.717, 1.165) is 24.8 Å². The first-order valence-corrected chi connectivity index (χ1v) is 10.3. The number of alkyl halides is 3. The van der Waals surface area contributed by atoms with Crippen LogP contribution in [0, 0.1) is 5.92 Å². The fourth-order valence-corrected chi connectivity index (χ4v) is 4.32. The van der Waals surface area contributed by atoms with Gasteiger partial charge in [0.25, 0.3) is 0 Å². The molecule has 5 nitrogen and oxygen atoms in total. The molecule has 4 rings (SSSR count). The number of rotatable bonds is 3. The Bertz CT molecular complexity index is 866. The molecule has 2 saturated heterocycles. The Balaban J connectivity index is 1.40. The molecule has 8 heteroatoms. The van der Waals surface area contributed by atoms with E-state index < -0.39 is 11.7 Å². The molecule has 1 aromatic heterocycles. The normalized spacial score (nSPS) is 20.4. The Morgan fingerprint density at radius 1 is 0.933 bits per heavy atom. The molecule has 2 aliphatic heterocycles. The van der Waals surface area contributed by atoms with Crippen molar-refractivity contribution in [3.8, 4) is 0 Å². The second-order valence-corrected chi connectivity index (χ2v) is 7.81. The summed E-state index contributed by atoms with van der Waals surface area (Å²) in [6.07, 6.45) is -1.72. The maximum atomic E-state index is 13.4. The molecule has 1 amide bonds. The lowest BCUT2D eigenvalue weighted by atomic mass is 9.95. The molecular weight excluding hydrogens is 393 g/mol. The molecule has 2 aromatic rings. The highest BCUT2D eigenvalue weighted by Gasteiger charge is 2.38. The van der Waals surface area contributed by atoms with Gasteiger partial charge >= 0.3 is 6.18 Å². The number of amides is 1. The number of aromatic nitrogens is 1. The van der Waals surface area contributed by atoms with Gasteiger partial charge in [0.15, 0.2) is 0 Å². The number of piperazine rings is 1. The fraction of sp³-hybridized carbons (Fsp3) is 0.455. The number of nitrogens with zero attached hydrogens (tertiary/aromatic N) is 4. The maximum absolute atomic E-state index is 13.4. The summed E-state index contributed by atoms with van der Waals surface area (Å²) in [5.74, 6) is -0.335. The number of halogens is 3. The number of carbonyl (C=O) groups is 1. The lowest BCUT2D eigenvalue weighted by Gasteiger charge is -2.40. The highest BCUT2D eigenvalue weighted by Crippen LogP contribution is 2.36. The van der Waals surface area contributed by atoms with Crippen molar-refractivity contribution in [3.05, 3.63) is 54.2 Å². The monoisotopic (exact) mass is 418 g/mol. The molecule has 0 bridgehead atoms. The largest absolute Gasteiger partial charge is 0.419 e. The summed E-state index contributed by atoms with van der Waals surface area (Å²) in [6.45, 7) is 3.52. The standard InChI is InChI=1S/C22H25F3N4O/c23-22(24,25)19-9-4-10-26-20(19)29-11-5-6-17(16-29)21(30)28-14-12-27(13-15-28)18-7-2-1-3-8-18/h1-4,7-10,17H,5-6,11-16H2/t17-/m0/s1. The molecule has 0 saturated carbocycles. The SMILES string of the molecule is O=C([C@H]1CCCN(c2ncccc2C(F)(F)F)C1)N1CCN(c2ccccc2)CC1. The van der Waals surface area contributed by atoms with Crippen molar-refractivity contribution in [1.82, 2.24) is 9.88 Å². The van der Waals surface area contributed by atoms with E-state index in [2.05, 4.69) is 22.0 Å². The molecule has 2 aliphatic rings. The van der Waals surface area contributed by atoms with E-state index in [4.69, 9.17) is 0 Å². The quantitative estimate of drug-likeness (QED) is 0.763. The van der Waals surface area contributed by atoms with E-state index in [1.165, 1.54) is 12.3 Å². The van der Waals surface area contributed by atoms with Gasteiger partial charge in [-0.2, -0.15) is 13.2 Å². The van der Waals surface area contributed by atoms with Crippen LogP contribution in [0.3, 0.4) is 0 Å². The molecular formula is C22H25F3N4O. The molecule has 0 unspecified atom stereocenters. The molecule has 160 valence electrons. The number of hydrogen-bond donors (Lipinski definition) is 0. The number of pyridine rings is 1. The second-order valence-electron chi connectivity index (χ2n) is 7.81. The Morgan fingerprint density at radius 2 is 1.67 bits per heavy atom. The predicted molar refractivity (Wildman–Crippen MR) is 109 cm³/mol. The molecule has 0 aliphatic carbocycles. The smallest absolute Gasteiger partial charge is 0.368 e. The van der Waals surface area contributed by atoms with Crippen LogP contribution < -0.4 is 9.80 Å². The van der Waals surface area contributed by atoms with E-state index in [0.29, 0.717) is 32.5 Å². The third-order valence-corrected chi connectivity index (χ3v) is 5.87. The second kappa shape index (κ2) is 8.53. The van der Waals surface area contributed by atoms with Crippen LogP contribution in [0.5, 0.6) is 0 Å². The summed E-state index contributed by atoms with van der Waals surface area (Å²) in [5, 5.41) is 0. The van der Waals surface area contributed by atoms with Crippen LogP contribution in [0.15, 0.2) is 48.7 Å². The Kier molecular flexibility index (Phi) is 5.83. The number of carbonyl (C=O) groups excluding carboxylic acids is 1. The first-order chi connectivity index (χ1) is 14.4. The first-order valence-electron chi connectivity index (χ1n) is 10.3. The summed E-state index contributed by atoms with van der Waals surface area (Å²) in [5.41, 5.74) is 0.401. The van der Waals surface area contributed by atoms with Crippen LogP contribution in [-0.2, 0) is 11.0 Å². The topological polar surface area (TPSA) is 39.7 Å². The zero-order valence-corrected chi connectivity index (χ0v) is 16.7. The Labute approximate surface area is 174 Å². The maximum Gasteiger partial charge on any atom is 0.419 e. The summed E-state index contributed by atoms with van der Waals surface area (Å²) in [6, 6.07) is 12.4. The summed E-state index contributed by atoms with van der Waals surface area (Å²) >= 11 is 0. The fourth-order valence-electron chi connectivity index (χ4n) is 4.32. The van der Waals surface area contributed by atoms with Gasteiger partial charge in [0.1, 0.15) is 5.82 Å². The molecule has 1 aromatic carbocycles. The lowest BCUT2D eigenvalue weighted by Crippen LogP contribution is -2.52. The number of anilines is 2. The van der Waals surface area contributed by atoms with E-state index in [-0.39, 0.29) is 24.2 Å². The highest BCUT2D eigenvalue weighted by atomic mass is 19.4. The summed E-state index contributed by atoms with van der Waals surface area (Å²) < 4.78 is 40.1. The van der Waals surface area contributed by atoms with Crippen molar-refractivity contribution >= 4 is 17.4 Å². The van der Waals surface area contributed by atoms with E-state index >= 15 is 0 Å². The van der Waals surface area contributed by atoms with Gasteiger partial charge in [-0.1, -0.05) is 18.2 Å². The molecule has 0 spiro atoms. The zero-order valence-electron chi connectivity index (χ0n) is 16.7. The van der Waals surface area contributed by atoms with Crippen LogP contribution in [0.25, 0.3) is 0 Å². The van der Waals surface area contributed by atoms with Gasteiger partial charge < -0.3 is 14.7 Å². The van der Waals surface area contributed by atoms with Crippen molar-refractivity contribution in [2.24, 2.45) is 5.92 Å². The van der Waals surface area contributed by atoms with Gasteiger partial charge in [-0.15, -0.1) is 0 Å². The zero-order chi connectivity index (χ0) is 21.1. The van der Waals surface area contributed by atoms with Crippen LogP contribution >= 0.6 is 0 Å². The molecule has 0 N–H and O–H groups in total. The van der Waals surface area contributed by atoms with Crippen molar-refractivity contribution in [1.29, 1.82) is 0 Å². The van der Waals surface area contributed by atoms with Gasteiger partial charge in [0, 0.05) is 51.2 Å². The van der Waals surface area contributed by atoms with E-state index in [1.807, 2.05) is 23.1 Å². The van der Waals surface area contributed by atoms with E-state index in [1.54, 1.807) is 4.90 Å². The van der Waals surface area contributed by atoms with Crippen molar-refractivity contribution in [3.63, 3.8) is 0 Å². The van der Waals surface area contributed by atoms with Crippen LogP contribution in [-0.4, -0.2) is 55.1 Å². The van der Waals surface area contributed by atoms with Crippen molar-refractivity contribution < 1.29 is 18.0 Å². The molecule has 3 heterocycles. The van der Waals surface area contributed by atoms with Gasteiger partial charge in [0.2, 0.25) is 5.91 Å². The predicted octanol–water partition coefficient (Wildman–Crippen LogP) is 3.67. The lowest BCUT2D eigenvalue weighted by molar-refractivity contribution is -0.137.